The van der Waals surface area contributed by atoms with E-state index < -0.39 is 5.54 Å². The molecule has 6 heteroatoms. The van der Waals surface area contributed by atoms with Crippen LogP contribution in [-0.4, -0.2) is 39.0 Å². The average Bonchev–Trinajstić information content (AvgIpc) is 3.22. The van der Waals surface area contributed by atoms with E-state index in [-0.39, 0.29) is 23.5 Å². The molecule has 6 nitrogen and oxygen atoms in total. The second kappa shape index (κ2) is 7.94. The number of fused-ring (bicyclic) bond motifs is 3. The molecular formula is C27H34N4O2. The van der Waals surface area contributed by atoms with Crippen LogP contribution in [0, 0.1) is 5.41 Å². The summed E-state index contributed by atoms with van der Waals surface area (Å²) in [6.45, 7) is 6.13. The van der Waals surface area contributed by atoms with E-state index in [0.717, 1.165) is 48.8 Å². The number of rotatable bonds is 4. The number of benzene rings is 1. The number of hydrogen-bond donors (Lipinski definition) is 2. The van der Waals surface area contributed by atoms with Gasteiger partial charge in [-0.1, -0.05) is 25.5 Å². The SMILES string of the molecule is CCCc1cncc(-c2ccc3c(c2)C2(N=C(N)N(C(C)C)C2=O)C2(CCC(O)CC2)C3)c1. The fourth-order valence-corrected chi connectivity index (χ4v) is 6.36. The summed E-state index contributed by atoms with van der Waals surface area (Å²) >= 11 is 0. The van der Waals surface area contributed by atoms with Gasteiger partial charge in [0.2, 0.25) is 0 Å². The van der Waals surface area contributed by atoms with Crippen molar-refractivity contribution < 1.29 is 9.90 Å². The molecule has 1 aromatic carbocycles. The van der Waals surface area contributed by atoms with E-state index in [1.54, 1.807) is 4.90 Å². The Labute approximate surface area is 195 Å². The van der Waals surface area contributed by atoms with Gasteiger partial charge in [0, 0.05) is 29.4 Å². The van der Waals surface area contributed by atoms with Crippen molar-refractivity contribution in [1.29, 1.82) is 0 Å². The van der Waals surface area contributed by atoms with Gasteiger partial charge in [0.05, 0.1) is 6.10 Å². The predicted molar refractivity (Wildman–Crippen MR) is 130 cm³/mol. The number of nitrogens with two attached hydrogens (primary N) is 1. The number of hydrogen-bond acceptors (Lipinski definition) is 5. The Morgan fingerprint density at radius 2 is 1.94 bits per heavy atom. The van der Waals surface area contributed by atoms with Crippen LogP contribution < -0.4 is 5.73 Å². The molecule has 174 valence electrons. The number of aromatic nitrogens is 1. The van der Waals surface area contributed by atoms with Crippen LogP contribution in [0.25, 0.3) is 11.1 Å². The number of amides is 1. The predicted octanol–water partition coefficient (Wildman–Crippen LogP) is 3.94. The molecule has 1 aliphatic heterocycles. The van der Waals surface area contributed by atoms with E-state index >= 15 is 0 Å². The molecule has 3 aliphatic rings. The molecule has 0 saturated heterocycles. The van der Waals surface area contributed by atoms with Gasteiger partial charge >= 0.3 is 0 Å². The molecule has 1 saturated carbocycles. The lowest BCUT2D eigenvalue weighted by Crippen LogP contribution is -2.53. The summed E-state index contributed by atoms with van der Waals surface area (Å²) in [6, 6.07) is 8.59. The molecule has 1 amide bonds. The minimum absolute atomic E-state index is 0.0138. The number of carbonyl (C=O) groups excluding carboxylic acids is 1. The largest absolute Gasteiger partial charge is 0.393 e. The molecule has 1 fully saturated rings. The number of nitrogens with zero attached hydrogens (tertiary/aromatic N) is 3. The molecule has 33 heavy (non-hydrogen) atoms. The summed E-state index contributed by atoms with van der Waals surface area (Å²) in [5.74, 6) is 0.297. The van der Waals surface area contributed by atoms with Crippen molar-refractivity contribution in [2.75, 3.05) is 0 Å². The van der Waals surface area contributed by atoms with Crippen LogP contribution in [0.15, 0.2) is 41.7 Å². The Bertz CT molecular complexity index is 1120. The Kier molecular flexibility index (Phi) is 5.31. The quantitative estimate of drug-likeness (QED) is 0.744. The molecule has 1 aromatic heterocycles. The van der Waals surface area contributed by atoms with Crippen LogP contribution in [0.4, 0.5) is 0 Å². The summed E-state index contributed by atoms with van der Waals surface area (Å²) in [7, 11) is 0. The van der Waals surface area contributed by atoms with Crippen LogP contribution in [0.5, 0.6) is 0 Å². The highest BCUT2D eigenvalue weighted by Crippen LogP contribution is 2.62. The van der Waals surface area contributed by atoms with Crippen LogP contribution >= 0.6 is 0 Å². The second-order valence-corrected chi connectivity index (χ2v) is 10.3. The zero-order valence-electron chi connectivity index (χ0n) is 19.8. The first-order valence-electron chi connectivity index (χ1n) is 12.3. The van der Waals surface area contributed by atoms with Gasteiger partial charge in [-0.05, 0) is 86.8 Å². The smallest absolute Gasteiger partial charge is 0.262 e. The van der Waals surface area contributed by atoms with Crippen LogP contribution in [0.3, 0.4) is 0 Å². The first-order chi connectivity index (χ1) is 15.8. The third kappa shape index (κ3) is 3.22. The number of pyridine rings is 1. The number of carbonyl (C=O) groups is 1. The third-order valence-corrected chi connectivity index (χ3v) is 7.95. The highest BCUT2D eigenvalue weighted by molar-refractivity contribution is 6.08. The molecule has 0 bridgehead atoms. The lowest BCUT2D eigenvalue weighted by Gasteiger charge is -2.44. The van der Waals surface area contributed by atoms with Crippen LogP contribution in [0.2, 0.25) is 0 Å². The summed E-state index contributed by atoms with van der Waals surface area (Å²) in [6.07, 6.45) is 9.27. The van der Waals surface area contributed by atoms with Crippen molar-refractivity contribution in [2.24, 2.45) is 16.1 Å². The van der Waals surface area contributed by atoms with Gasteiger partial charge in [-0.3, -0.25) is 14.7 Å². The van der Waals surface area contributed by atoms with Gasteiger partial charge in [-0.15, -0.1) is 0 Å². The molecule has 2 aromatic rings. The lowest BCUT2D eigenvalue weighted by molar-refractivity contribution is -0.139. The van der Waals surface area contributed by atoms with Crippen molar-refractivity contribution in [2.45, 2.75) is 83.4 Å². The van der Waals surface area contributed by atoms with Crippen LogP contribution in [0.1, 0.15) is 69.6 Å². The number of guanidine groups is 1. The summed E-state index contributed by atoms with van der Waals surface area (Å²) in [5, 5.41) is 10.3. The topological polar surface area (TPSA) is 91.8 Å². The van der Waals surface area contributed by atoms with E-state index in [4.69, 9.17) is 10.7 Å². The van der Waals surface area contributed by atoms with Crippen molar-refractivity contribution in [3.8, 4) is 11.1 Å². The normalized spacial score (nSPS) is 28.8. The first-order valence-corrected chi connectivity index (χ1v) is 12.3. The maximum absolute atomic E-state index is 14.1. The average molecular weight is 447 g/mol. The first kappa shape index (κ1) is 22.1. The van der Waals surface area contributed by atoms with Gasteiger partial charge in [0.25, 0.3) is 5.91 Å². The summed E-state index contributed by atoms with van der Waals surface area (Å²) < 4.78 is 0. The molecule has 5 rings (SSSR count). The Balaban J connectivity index is 1.67. The van der Waals surface area contributed by atoms with Gasteiger partial charge in [0.15, 0.2) is 11.5 Å². The Hall–Kier alpha value is -2.73. The molecule has 2 heterocycles. The molecule has 2 spiro atoms. The molecule has 1 unspecified atom stereocenters. The molecule has 1 atom stereocenters. The second-order valence-electron chi connectivity index (χ2n) is 10.3. The highest BCUT2D eigenvalue weighted by Gasteiger charge is 2.66. The standard InChI is InChI=1S/C27H34N4O2/c1-4-5-18-12-21(16-29-15-18)19-6-7-20-14-26(10-8-22(32)9-11-26)27(23(20)13-19)24(33)31(17(2)3)25(28)30-27/h6-7,12-13,15-17,22,32H,4-5,8-11,14H2,1-3H3,(H2,28,30). The van der Waals surface area contributed by atoms with E-state index in [9.17, 15) is 9.90 Å². The maximum Gasteiger partial charge on any atom is 0.262 e. The molecule has 2 aliphatic carbocycles. The monoisotopic (exact) mass is 446 g/mol. The number of aryl methyl sites for hydroxylation is 1. The Morgan fingerprint density at radius 1 is 1.18 bits per heavy atom. The zero-order chi connectivity index (χ0) is 23.4. The third-order valence-electron chi connectivity index (χ3n) is 7.95. The fourth-order valence-electron chi connectivity index (χ4n) is 6.36. The van der Waals surface area contributed by atoms with Crippen molar-refractivity contribution in [3.63, 3.8) is 0 Å². The lowest BCUT2D eigenvalue weighted by atomic mass is 9.61. The van der Waals surface area contributed by atoms with Gasteiger partial charge in [-0.2, -0.15) is 0 Å². The Morgan fingerprint density at radius 3 is 2.61 bits per heavy atom. The van der Waals surface area contributed by atoms with Crippen LogP contribution in [-0.2, 0) is 23.2 Å². The molecule has 3 N–H and O–H groups in total. The van der Waals surface area contributed by atoms with Crippen molar-refractivity contribution >= 4 is 11.9 Å². The van der Waals surface area contributed by atoms with Gasteiger partial charge in [0.1, 0.15) is 0 Å². The van der Waals surface area contributed by atoms with E-state index in [2.05, 4.69) is 36.2 Å². The minimum Gasteiger partial charge on any atom is -0.393 e. The molecular weight excluding hydrogens is 412 g/mol. The number of aliphatic imine (C=N–C) groups is 1. The minimum atomic E-state index is -1.01. The number of aliphatic hydroxyl groups excluding tert-OH is 1. The fraction of sp³-hybridized carbons (Fsp3) is 0.519. The van der Waals surface area contributed by atoms with E-state index in [1.807, 2.05) is 26.2 Å². The van der Waals surface area contributed by atoms with Gasteiger partial charge in [-0.25, -0.2) is 4.99 Å². The highest BCUT2D eigenvalue weighted by atomic mass is 16.3. The maximum atomic E-state index is 14.1. The van der Waals surface area contributed by atoms with Crippen molar-refractivity contribution in [1.82, 2.24) is 9.88 Å². The zero-order valence-corrected chi connectivity index (χ0v) is 19.8. The van der Waals surface area contributed by atoms with Crippen molar-refractivity contribution in [3.05, 3.63) is 53.3 Å². The van der Waals surface area contributed by atoms with E-state index in [0.29, 0.717) is 18.8 Å². The number of aliphatic hydroxyl groups is 1. The summed E-state index contributed by atoms with van der Waals surface area (Å²) in [5.41, 5.74) is 10.5. The summed E-state index contributed by atoms with van der Waals surface area (Å²) in [4.78, 5) is 25.3. The van der Waals surface area contributed by atoms with Gasteiger partial charge < -0.3 is 10.8 Å². The molecule has 0 radical (unpaired) electrons. The van der Waals surface area contributed by atoms with E-state index in [1.165, 1.54) is 11.1 Å².